The summed E-state index contributed by atoms with van der Waals surface area (Å²) >= 11 is 0. The number of nitrogens with zero attached hydrogens (tertiary/aromatic N) is 3. The minimum absolute atomic E-state index is 0.0804. The van der Waals surface area contributed by atoms with E-state index in [1.54, 1.807) is 4.57 Å². The van der Waals surface area contributed by atoms with Crippen LogP contribution in [0.2, 0.25) is 0 Å². The van der Waals surface area contributed by atoms with Gasteiger partial charge >= 0.3 is 5.69 Å². The van der Waals surface area contributed by atoms with Gasteiger partial charge in [-0.05, 0) is 47.0 Å². The van der Waals surface area contributed by atoms with E-state index < -0.39 is 0 Å². The zero-order valence-electron chi connectivity index (χ0n) is 12.9. The molecule has 0 N–H and O–H groups in total. The first-order chi connectivity index (χ1) is 9.39. The van der Waals surface area contributed by atoms with Crippen LogP contribution < -0.4 is 5.69 Å². The molecule has 0 unspecified atom stereocenters. The van der Waals surface area contributed by atoms with Crippen LogP contribution in [0.1, 0.15) is 45.9 Å². The molecule has 0 aromatic carbocycles. The van der Waals surface area contributed by atoms with Crippen LogP contribution in [0.15, 0.2) is 4.79 Å². The molecule has 0 saturated carbocycles. The standard InChI is InChI=1S/C14H25N3O3/c1-11-15-17(14(2,3)4)13(18)16(11)8-10-20-12-7-5-6-9-19-12/h12H,5-10H2,1-4H3/t12-/m1/s1. The molecule has 1 aliphatic rings. The van der Waals surface area contributed by atoms with Gasteiger partial charge < -0.3 is 9.47 Å². The second-order valence-corrected chi connectivity index (χ2v) is 6.23. The van der Waals surface area contributed by atoms with Crippen LogP contribution in [-0.4, -0.2) is 33.9 Å². The van der Waals surface area contributed by atoms with Crippen molar-refractivity contribution in [2.75, 3.05) is 13.2 Å². The molecule has 1 aromatic rings. The van der Waals surface area contributed by atoms with Gasteiger partial charge in [0.25, 0.3) is 0 Å². The molecule has 20 heavy (non-hydrogen) atoms. The number of aromatic nitrogens is 3. The van der Waals surface area contributed by atoms with Gasteiger partial charge in [0.15, 0.2) is 6.29 Å². The monoisotopic (exact) mass is 283 g/mol. The highest BCUT2D eigenvalue weighted by atomic mass is 16.7. The molecule has 6 heteroatoms. The minimum Gasteiger partial charge on any atom is -0.353 e. The molecular weight excluding hydrogens is 258 g/mol. The van der Waals surface area contributed by atoms with E-state index in [2.05, 4.69) is 5.10 Å². The lowest BCUT2D eigenvalue weighted by atomic mass is 10.1. The minimum atomic E-state index is -0.305. The maximum atomic E-state index is 12.3. The number of hydrogen-bond donors (Lipinski definition) is 0. The van der Waals surface area contributed by atoms with E-state index in [4.69, 9.17) is 9.47 Å². The molecule has 2 heterocycles. The second-order valence-electron chi connectivity index (χ2n) is 6.23. The maximum Gasteiger partial charge on any atom is 0.346 e. The first-order valence-electron chi connectivity index (χ1n) is 7.30. The molecule has 114 valence electrons. The molecule has 0 amide bonds. The van der Waals surface area contributed by atoms with Crippen molar-refractivity contribution in [3.63, 3.8) is 0 Å². The molecule has 1 saturated heterocycles. The predicted octanol–water partition coefficient (Wildman–Crippen LogP) is 1.65. The van der Waals surface area contributed by atoms with Gasteiger partial charge in [-0.3, -0.25) is 4.57 Å². The first kappa shape index (κ1) is 15.3. The summed E-state index contributed by atoms with van der Waals surface area (Å²) in [5.41, 5.74) is -0.386. The first-order valence-corrected chi connectivity index (χ1v) is 7.30. The van der Waals surface area contributed by atoms with Crippen LogP contribution in [0.25, 0.3) is 0 Å². The average Bonchev–Trinajstić information content (AvgIpc) is 2.67. The smallest absolute Gasteiger partial charge is 0.346 e. The summed E-state index contributed by atoms with van der Waals surface area (Å²) < 4.78 is 14.4. The molecule has 2 rings (SSSR count). The predicted molar refractivity (Wildman–Crippen MR) is 75.8 cm³/mol. The molecule has 0 radical (unpaired) electrons. The molecule has 0 spiro atoms. The number of rotatable bonds is 4. The summed E-state index contributed by atoms with van der Waals surface area (Å²) in [6.45, 7) is 9.51. The van der Waals surface area contributed by atoms with Gasteiger partial charge in [0, 0.05) is 6.61 Å². The van der Waals surface area contributed by atoms with Gasteiger partial charge in [-0.2, -0.15) is 5.10 Å². The molecule has 1 aromatic heterocycles. The Bertz CT molecular complexity index is 493. The van der Waals surface area contributed by atoms with Crippen LogP contribution in [0.5, 0.6) is 0 Å². The zero-order chi connectivity index (χ0) is 14.8. The highest BCUT2D eigenvalue weighted by Gasteiger charge is 2.21. The third-order valence-electron chi connectivity index (χ3n) is 3.44. The van der Waals surface area contributed by atoms with Crippen LogP contribution in [0, 0.1) is 6.92 Å². The summed E-state index contributed by atoms with van der Waals surface area (Å²) in [6, 6.07) is 0. The fourth-order valence-electron chi connectivity index (χ4n) is 2.31. The lowest BCUT2D eigenvalue weighted by molar-refractivity contribution is -0.163. The van der Waals surface area contributed by atoms with Gasteiger partial charge in [-0.15, -0.1) is 0 Å². The van der Waals surface area contributed by atoms with Crippen molar-refractivity contribution in [1.82, 2.24) is 14.3 Å². The van der Waals surface area contributed by atoms with E-state index in [-0.39, 0.29) is 17.5 Å². The fourth-order valence-corrected chi connectivity index (χ4v) is 2.31. The van der Waals surface area contributed by atoms with Crippen molar-refractivity contribution in [2.24, 2.45) is 0 Å². The number of ether oxygens (including phenoxy) is 2. The quantitative estimate of drug-likeness (QED) is 0.843. The molecule has 6 nitrogen and oxygen atoms in total. The molecule has 1 aliphatic heterocycles. The van der Waals surface area contributed by atoms with Crippen LogP contribution >= 0.6 is 0 Å². The van der Waals surface area contributed by atoms with Crippen molar-refractivity contribution < 1.29 is 9.47 Å². The molecular formula is C14H25N3O3. The largest absolute Gasteiger partial charge is 0.353 e. The van der Waals surface area contributed by atoms with Gasteiger partial charge in [-0.1, -0.05) is 0 Å². The summed E-state index contributed by atoms with van der Waals surface area (Å²) in [5.74, 6) is 0.720. The van der Waals surface area contributed by atoms with Crippen molar-refractivity contribution in [2.45, 2.75) is 65.3 Å². The Morgan fingerprint density at radius 2 is 2.15 bits per heavy atom. The highest BCUT2D eigenvalue weighted by molar-refractivity contribution is 4.87. The van der Waals surface area contributed by atoms with E-state index in [1.165, 1.54) is 4.68 Å². The van der Waals surface area contributed by atoms with E-state index in [9.17, 15) is 4.79 Å². The Hall–Kier alpha value is -1.14. The SMILES string of the molecule is Cc1nn(C(C)(C)C)c(=O)n1CCO[C@@H]1CCCCO1. The van der Waals surface area contributed by atoms with Gasteiger partial charge in [-0.25, -0.2) is 9.48 Å². The van der Waals surface area contributed by atoms with Crippen LogP contribution in [0.3, 0.4) is 0 Å². The van der Waals surface area contributed by atoms with Crippen LogP contribution in [-0.2, 0) is 21.6 Å². The maximum absolute atomic E-state index is 12.3. The lowest BCUT2D eigenvalue weighted by Gasteiger charge is -2.22. The number of hydrogen-bond acceptors (Lipinski definition) is 4. The second kappa shape index (κ2) is 6.10. The van der Waals surface area contributed by atoms with Crippen LogP contribution in [0.4, 0.5) is 0 Å². The van der Waals surface area contributed by atoms with Gasteiger partial charge in [0.2, 0.25) is 0 Å². The van der Waals surface area contributed by atoms with E-state index in [1.807, 2.05) is 27.7 Å². The van der Waals surface area contributed by atoms with Crippen molar-refractivity contribution in [1.29, 1.82) is 0 Å². The lowest BCUT2D eigenvalue weighted by Crippen LogP contribution is -2.36. The Kier molecular flexibility index (Phi) is 4.65. The summed E-state index contributed by atoms with van der Waals surface area (Å²) in [4.78, 5) is 12.3. The third-order valence-corrected chi connectivity index (χ3v) is 3.44. The van der Waals surface area contributed by atoms with E-state index in [0.29, 0.717) is 13.2 Å². The molecule has 0 aliphatic carbocycles. The van der Waals surface area contributed by atoms with Gasteiger partial charge in [0.05, 0.1) is 18.7 Å². The molecule has 1 atom stereocenters. The van der Waals surface area contributed by atoms with Gasteiger partial charge in [0.1, 0.15) is 5.82 Å². The zero-order valence-corrected chi connectivity index (χ0v) is 12.9. The average molecular weight is 283 g/mol. The number of aryl methyl sites for hydroxylation is 1. The Morgan fingerprint density at radius 3 is 2.70 bits per heavy atom. The normalized spacial score (nSPS) is 20.3. The third kappa shape index (κ3) is 3.49. The van der Waals surface area contributed by atoms with Crippen molar-refractivity contribution in [3.05, 3.63) is 16.3 Å². The Balaban J connectivity index is 1.96. The topological polar surface area (TPSA) is 58.3 Å². The van der Waals surface area contributed by atoms with Crippen molar-refractivity contribution in [3.8, 4) is 0 Å². The summed E-state index contributed by atoms with van der Waals surface area (Å²) in [5, 5.41) is 4.33. The fraction of sp³-hybridized carbons (Fsp3) is 0.857. The highest BCUT2D eigenvalue weighted by Crippen LogP contribution is 2.14. The molecule has 0 bridgehead atoms. The Morgan fingerprint density at radius 1 is 1.40 bits per heavy atom. The Labute approximate surface area is 119 Å². The van der Waals surface area contributed by atoms with Crippen molar-refractivity contribution >= 4 is 0 Å². The summed E-state index contributed by atoms with van der Waals surface area (Å²) in [7, 11) is 0. The van der Waals surface area contributed by atoms with E-state index in [0.717, 1.165) is 31.7 Å². The van der Waals surface area contributed by atoms with E-state index >= 15 is 0 Å². The summed E-state index contributed by atoms with van der Waals surface area (Å²) in [6.07, 6.45) is 3.08. The molecule has 1 fully saturated rings.